The van der Waals surface area contributed by atoms with Crippen LogP contribution < -0.4 is 10.2 Å². The number of hydrogen-bond donors (Lipinski definition) is 1. The zero-order chi connectivity index (χ0) is 13.7. The van der Waals surface area contributed by atoms with Gasteiger partial charge in [-0.25, -0.2) is 4.98 Å². The van der Waals surface area contributed by atoms with Gasteiger partial charge in [-0.15, -0.1) is 0 Å². The molecule has 1 N–H and O–H groups in total. The molecule has 1 aliphatic rings. The Hall–Kier alpha value is -1.36. The van der Waals surface area contributed by atoms with Crippen LogP contribution in [0, 0.1) is 6.92 Å². The summed E-state index contributed by atoms with van der Waals surface area (Å²) in [6.07, 6.45) is 3.15. The highest BCUT2D eigenvalue weighted by Gasteiger charge is 2.19. The minimum absolute atomic E-state index is 0.735. The fraction of sp³-hybridized carbons (Fsp3) is 0.714. The van der Waals surface area contributed by atoms with Crippen molar-refractivity contribution in [2.45, 2.75) is 27.2 Å². The van der Waals surface area contributed by atoms with Crippen LogP contribution in [0.5, 0.6) is 0 Å². The molecule has 1 fully saturated rings. The first kappa shape index (κ1) is 14.1. The molecule has 0 radical (unpaired) electrons. The minimum Gasteiger partial charge on any atom is -0.354 e. The molecular weight excluding hydrogens is 238 g/mol. The van der Waals surface area contributed by atoms with E-state index < -0.39 is 0 Å². The van der Waals surface area contributed by atoms with Gasteiger partial charge in [0.15, 0.2) is 0 Å². The Labute approximate surface area is 116 Å². The summed E-state index contributed by atoms with van der Waals surface area (Å²) in [4.78, 5) is 13.9. The van der Waals surface area contributed by atoms with E-state index in [1.165, 1.54) is 13.0 Å². The number of aromatic nitrogens is 2. The number of hydrogen-bond acceptors (Lipinski definition) is 5. The lowest BCUT2D eigenvalue weighted by molar-refractivity contribution is 0.258. The maximum atomic E-state index is 4.64. The van der Waals surface area contributed by atoms with Crippen LogP contribution in [0.2, 0.25) is 0 Å². The van der Waals surface area contributed by atoms with Crippen molar-refractivity contribution in [1.82, 2.24) is 14.9 Å². The van der Waals surface area contributed by atoms with Crippen LogP contribution in [0.4, 0.5) is 11.8 Å². The van der Waals surface area contributed by atoms with Crippen molar-refractivity contribution in [1.29, 1.82) is 0 Å². The topological polar surface area (TPSA) is 44.3 Å². The quantitative estimate of drug-likeness (QED) is 0.877. The van der Waals surface area contributed by atoms with Gasteiger partial charge in [-0.2, -0.15) is 4.98 Å². The smallest absolute Gasteiger partial charge is 0.224 e. The van der Waals surface area contributed by atoms with E-state index in [1.54, 1.807) is 0 Å². The van der Waals surface area contributed by atoms with E-state index in [0.717, 1.165) is 50.1 Å². The zero-order valence-electron chi connectivity index (χ0n) is 12.3. The lowest BCUT2D eigenvalue weighted by Gasteiger charge is -2.35. The second-order valence-corrected chi connectivity index (χ2v) is 5.06. The predicted octanol–water partition coefficient (Wildman–Crippen LogP) is 1.75. The SMILES string of the molecule is CCCN1CCN(c2nc(NCC)ncc2C)CC1. The Balaban J connectivity index is 2.03. The Kier molecular flexibility index (Phi) is 4.96. The normalized spacial score (nSPS) is 16.7. The molecular formula is C14H25N5. The summed E-state index contributed by atoms with van der Waals surface area (Å²) in [5, 5.41) is 3.18. The van der Waals surface area contributed by atoms with Gasteiger partial charge >= 0.3 is 0 Å². The van der Waals surface area contributed by atoms with Gasteiger partial charge in [0.1, 0.15) is 5.82 Å². The van der Waals surface area contributed by atoms with Crippen molar-refractivity contribution in [2.24, 2.45) is 0 Å². The summed E-state index contributed by atoms with van der Waals surface area (Å²) < 4.78 is 0. The maximum Gasteiger partial charge on any atom is 0.224 e. The number of nitrogens with one attached hydrogen (secondary N) is 1. The number of nitrogens with zero attached hydrogens (tertiary/aromatic N) is 4. The second-order valence-electron chi connectivity index (χ2n) is 5.06. The van der Waals surface area contributed by atoms with E-state index in [4.69, 9.17) is 0 Å². The highest BCUT2D eigenvalue weighted by molar-refractivity contribution is 5.49. The number of piperazine rings is 1. The van der Waals surface area contributed by atoms with E-state index in [-0.39, 0.29) is 0 Å². The van der Waals surface area contributed by atoms with E-state index in [2.05, 4.69) is 45.9 Å². The van der Waals surface area contributed by atoms with Gasteiger partial charge in [0, 0.05) is 44.5 Å². The molecule has 106 valence electrons. The Bertz CT molecular complexity index is 399. The van der Waals surface area contributed by atoms with Crippen LogP contribution >= 0.6 is 0 Å². The van der Waals surface area contributed by atoms with Gasteiger partial charge < -0.3 is 10.2 Å². The molecule has 1 aromatic rings. The molecule has 0 aliphatic carbocycles. The van der Waals surface area contributed by atoms with Gasteiger partial charge in [-0.3, -0.25) is 4.90 Å². The van der Waals surface area contributed by atoms with E-state index >= 15 is 0 Å². The van der Waals surface area contributed by atoms with Crippen LogP contribution in [-0.2, 0) is 0 Å². The van der Waals surface area contributed by atoms with Gasteiger partial charge in [0.05, 0.1) is 0 Å². The van der Waals surface area contributed by atoms with Crippen molar-refractivity contribution in [3.63, 3.8) is 0 Å². The molecule has 5 heteroatoms. The molecule has 0 bridgehead atoms. The third-order valence-corrected chi connectivity index (χ3v) is 3.49. The average molecular weight is 263 g/mol. The predicted molar refractivity (Wildman–Crippen MR) is 79.9 cm³/mol. The fourth-order valence-electron chi connectivity index (χ4n) is 2.50. The third-order valence-electron chi connectivity index (χ3n) is 3.49. The third kappa shape index (κ3) is 3.56. The number of aryl methyl sites for hydroxylation is 1. The van der Waals surface area contributed by atoms with Crippen LogP contribution in [0.1, 0.15) is 25.8 Å². The van der Waals surface area contributed by atoms with Gasteiger partial charge in [-0.1, -0.05) is 6.92 Å². The van der Waals surface area contributed by atoms with Crippen LogP contribution in [0.25, 0.3) is 0 Å². The zero-order valence-corrected chi connectivity index (χ0v) is 12.3. The molecule has 1 saturated heterocycles. The van der Waals surface area contributed by atoms with Gasteiger partial charge in [0.2, 0.25) is 5.95 Å². The van der Waals surface area contributed by atoms with E-state index in [0.29, 0.717) is 0 Å². The van der Waals surface area contributed by atoms with Crippen LogP contribution in [0.15, 0.2) is 6.20 Å². The van der Waals surface area contributed by atoms with E-state index in [9.17, 15) is 0 Å². The average Bonchev–Trinajstić information content (AvgIpc) is 2.43. The van der Waals surface area contributed by atoms with Crippen molar-refractivity contribution in [3.05, 3.63) is 11.8 Å². The summed E-state index contributed by atoms with van der Waals surface area (Å²) in [6, 6.07) is 0. The van der Waals surface area contributed by atoms with Crippen LogP contribution in [-0.4, -0.2) is 54.1 Å². The molecule has 0 unspecified atom stereocenters. The monoisotopic (exact) mass is 263 g/mol. The molecule has 2 rings (SSSR count). The van der Waals surface area contributed by atoms with Crippen molar-refractivity contribution in [2.75, 3.05) is 49.5 Å². The van der Waals surface area contributed by atoms with Crippen molar-refractivity contribution in [3.8, 4) is 0 Å². The molecule has 0 saturated carbocycles. The second kappa shape index (κ2) is 6.70. The van der Waals surface area contributed by atoms with Crippen molar-refractivity contribution < 1.29 is 0 Å². The summed E-state index contributed by atoms with van der Waals surface area (Å²) in [7, 11) is 0. The number of rotatable bonds is 5. The fourth-order valence-corrected chi connectivity index (χ4v) is 2.50. The standard InChI is InChI=1S/C14H25N5/c1-4-6-18-7-9-19(10-8-18)13-12(3)11-16-14(17-13)15-5-2/h11H,4-10H2,1-3H3,(H,15,16,17). The summed E-state index contributed by atoms with van der Waals surface area (Å²) >= 11 is 0. The first-order valence-electron chi connectivity index (χ1n) is 7.29. The van der Waals surface area contributed by atoms with Crippen molar-refractivity contribution >= 4 is 11.8 Å². The first-order valence-corrected chi connectivity index (χ1v) is 7.29. The summed E-state index contributed by atoms with van der Waals surface area (Å²) in [5.74, 6) is 1.82. The minimum atomic E-state index is 0.735. The van der Waals surface area contributed by atoms with Crippen LogP contribution in [0.3, 0.4) is 0 Å². The molecule has 1 aliphatic heterocycles. The Morgan fingerprint density at radius 3 is 2.58 bits per heavy atom. The molecule has 2 heterocycles. The Morgan fingerprint density at radius 1 is 1.21 bits per heavy atom. The molecule has 0 atom stereocenters. The summed E-state index contributed by atoms with van der Waals surface area (Å²) in [5.41, 5.74) is 1.16. The maximum absolute atomic E-state index is 4.64. The lowest BCUT2D eigenvalue weighted by Crippen LogP contribution is -2.47. The highest BCUT2D eigenvalue weighted by Crippen LogP contribution is 2.19. The molecule has 19 heavy (non-hydrogen) atoms. The van der Waals surface area contributed by atoms with E-state index in [1.807, 2.05) is 6.20 Å². The largest absolute Gasteiger partial charge is 0.354 e. The van der Waals surface area contributed by atoms with Gasteiger partial charge in [0.25, 0.3) is 0 Å². The number of anilines is 2. The lowest BCUT2D eigenvalue weighted by atomic mass is 10.2. The molecule has 0 spiro atoms. The molecule has 1 aromatic heterocycles. The summed E-state index contributed by atoms with van der Waals surface area (Å²) in [6.45, 7) is 12.8. The highest BCUT2D eigenvalue weighted by atomic mass is 15.3. The van der Waals surface area contributed by atoms with Gasteiger partial charge in [-0.05, 0) is 26.8 Å². The molecule has 0 amide bonds. The first-order chi connectivity index (χ1) is 9.24. The molecule has 0 aromatic carbocycles. The Morgan fingerprint density at radius 2 is 1.95 bits per heavy atom. The molecule has 5 nitrogen and oxygen atoms in total.